The molecular formula is C14H18F2N2O3S. The monoisotopic (exact) mass is 332 g/mol. The van der Waals surface area contributed by atoms with E-state index in [1.807, 2.05) is 0 Å². The molecule has 8 heteroatoms. The molecule has 122 valence electrons. The zero-order chi connectivity index (χ0) is 16.3. The first-order valence-electron chi connectivity index (χ1n) is 6.96. The van der Waals surface area contributed by atoms with E-state index in [1.54, 1.807) is 6.92 Å². The number of carbonyl (C=O) groups is 1. The van der Waals surface area contributed by atoms with E-state index in [9.17, 15) is 22.0 Å². The second kappa shape index (κ2) is 6.60. The quantitative estimate of drug-likeness (QED) is 0.882. The minimum atomic E-state index is -2.97. The van der Waals surface area contributed by atoms with Crippen molar-refractivity contribution in [3.8, 4) is 0 Å². The third-order valence-corrected chi connectivity index (χ3v) is 5.51. The van der Waals surface area contributed by atoms with Gasteiger partial charge in [0.05, 0.1) is 17.5 Å². The maximum Gasteiger partial charge on any atom is 0.315 e. The third kappa shape index (κ3) is 4.40. The molecule has 0 bridgehead atoms. The maximum absolute atomic E-state index is 13.1. The van der Waals surface area contributed by atoms with E-state index in [4.69, 9.17) is 0 Å². The first-order chi connectivity index (χ1) is 10.3. The Balaban J connectivity index is 1.82. The van der Waals surface area contributed by atoms with Crippen LogP contribution in [0.5, 0.6) is 0 Å². The lowest BCUT2D eigenvalue weighted by atomic mass is 10.1. The molecule has 0 radical (unpaired) electrons. The second-order valence-corrected chi connectivity index (χ2v) is 7.75. The minimum absolute atomic E-state index is 0.0747. The van der Waals surface area contributed by atoms with Crippen LogP contribution in [0, 0.1) is 17.6 Å². The topological polar surface area (TPSA) is 75.3 Å². The maximum atomic E-state index is 13.1. The van der Waals surface area contributed by atoms with Crippen molar-refractivity contribution >= 4 is 15.9 Å². The summed E-state index contributed by atoms with van der Waals surface area (Å²) in [7, 11) is -2.97. The second-order valence-electron chi connectivity index (χ2n) is 5.52. The van der Waals surface area contributed by atoms with Gasteiger partial charge in [-0.1, -0.05) is 6.07 Å². The number of nitrogens with one attached hydrogen (secondary N) is 2. The summed E-state index contributed by atoms with van der Waals surface area (Å²) in [5.41, 5.74) is 0.442. The molecule has 0 spiro atoms. The van der Waals surface area contributed by atoms with Crippen LogP contribution in [-0.2, 0) is 9.84 Å². The van der Waals surface area contributed by atoms with Crippen molar-refractivity contribution in [3.05, 3.63) is 35.4 Å². The van der Waals surface area contributed by atoms with Gasteiger partial charge >= 0.3 is 6.03 Å². The fourth-order valence-electron chi connectivity index (χ4n) is 2.38. The number of benzene rings is 1. The lowest BCUT2D eigenvalue weighted by Crippen LogP contribution is -2.39. The standard InChI is InChI=1S/C14H18F2N2O3S/c1-9(11-2-3-12(15)13(16)6-11)18-14(19)17-7-10-4-5-22(20,21)8-10/h2-3,6,9-10H,4-5,7-8H2,1H3,(H2,17,18,19)/t9-,10+/m1/s1. The summed E-state index contributed by atoms with van der Waals surface area (Å²) >= 11 is 0. The van der Waals surface area contributed by atoms with Crippen LogP contribution in [0.4, 0.5) is 13.6 Å². The number of hydrogen-bond acceptors (Lipinski definition) is 3. The normalized spacial score (nSPS) is 21.3. The van der Waals surface area contributed by atoms with Crippen LogP contribution in [-0.4, -0.2) is 32.5 Å². The van der Waals surface area contributed by atoms with Crippen molar-refractivity contribution in [2.24, 2.45) is 5.92 Å². The van der Waals surface area contributed by atoms with Crippen molar-refractivity contribution in [2.45, 2.75) is 19.4 Å². The van der Waals surface area contributed by atoms with Crippen LogP contribution in [0.3, 0.4) is 0 Å². The molecule has 1 aromatic carbocycles. The minimum Gasteiger partial charge on any atom is -0.338 e. The molecule has 0 saturated carbocycles. The number of urea groups is 1. The molecule has 0 aromatic heterocycles. The van der Waals surface area contributed by atoms with Crippen LogP contribution in [0.15, 0.2) is 18.2 Å². The highest BCUT2D eigenvalue weighted by Crippen LogP contribution is 2.18. The highest BCUT2D eigenvalue weighted by atomic mass is 32.2. The number of rotatable bonds is 4. The molecule has 0 unspecified atom stereocenters. The molecule has 0 aliphatic carbocycles. The van der Waals surface area contributed by atoms with E-state index in [0.29, 0.717) is 12.0 Å². The molecule has 1 aliphatic rings. The fraction of sp³-hybridized carbons (Fsp3) is 0.500. The van der Waals surface area contributed by atoms with Crippen LogP contribution in [0.2, 0.25) is 0 Å². The average Bonchev–Trinajstić information content (AvgIpc) is 2.79. The number of hydrogen-bond donors (Lipinski definition) is 2. The number of sulfone groups is 1. The van der Waals surface area contributed by atoms with Gasteiger partial charge in [0.15, 0.2) is 21.5 Å². The van der Waals surface area contributed by atoms with Crippen LogP contribution >= 0.6 is 0 Å². The van der Waals surface area contributed by atoms with Gasteiger partial charge in [0, 0.05) is 6.54 Å². The Hall–Kier alpha value is -1.70. The van der Waals surface area contributed by atoms with Crippen molar-refractivity contribution in [3.63, 3.8) is 0 Å². The van der Waals surface area contributed by atoms with Crippen LogP contribution in [0.25, 0.3) is 0 Å². The zero-order valence-electron chi connectivity index (χ0n) is 12.1. The number of halogens is 2. The third-order valence-electron chi connectivity index (χ3n) is 3.67. The van der Waals surface area contributed by atoms with Gasteiger partial charge in [-0.15, -0.1) is 0 Å². The van der Waals surface area contributed by atoms with Gasteiger partial charge in [-0.3, -0.25) is 0 Å². The number of amides is 2. The largest absolute Gasteiger partial charge is 0.338 e. The van der Waals surface area contributed by atoms with Gasteiger partial charge in [0.1, 0.15) is 0 Å². The molecule has 1 heterocycles. The molecule has 1 saturated heterocycles. The number of carbonyl (C=O) groups excluding carboxylic acids is 1. The Morgan fingerprint density at radius 3 is 2.68 bits per heavy atom. The average molecular weight is 332 g/mol. The smallest absolute Gasteiger partial charge is 0.315 e. The Labute approximate surface area is 128 Å². The predicted molar refractivity (Wildman–Crippen MR) is 78.1 cm³/mol. The summed E-state index contributed by atoms with van der Waals surface area (Å²) in [6, 6.07) is 2.46. The Morgan fingerprint density at radius 2 is 2.09 bits per heavy atom. The highest BCUT2D eigenvalue weighted by molar-refractivity contribution is 7.91. The first-order valence-corrected chi connectivity index (χ1v) is 8.79. The molecule has 22 heavy (non-hydrogen) atoms. The molecule has 1 aromatic rings. The molecule has 2 rings (SSSR count). The SMILES string of the molecule is C[C@@H](NC(=O)NC[C@@H]1CCS(=O)(=O)C1)c1ccc(F)c(F)c1. The lowest BCUT2D eigenvalue weighted by molar-refractivity contribution is 0.236. The summed E-state index contributed by atoms with van der Waals surface area (Å²) in [4.78, 5) is 11.8. The zero-order valence-corrected chi connectivity index (χ0v) is 12.9. The van der Waals surface area contributed by atoms with Gasteiger partial charge in [-0.2, -0.15) is 0 Å². The molecule has 2 amide bonds. The van der Waals surface area contributed by atoms with E-state index in [0.717, 1.165) is 12.1 Å². The van der Waals surface area contributed by atoms with Crippen LogP contribution < -0.4 is 10.6 Å². The van der Waals surface area contributed by atoms with Gasteiger partial charge in [0.25, 0.3) is 0 Å². The van der Waals surface area contributed by atoms with Crippen molar-refractivity contribution in [2.75, 3.05) is 18.1 Å². The summed E-state index contributed by atoms with van der Waals surface area (Å²) in [5.74, 6) is -1.74. The summed E-state index contributed by atoms with van der Waals surface area (Å²) in [5, 5.41) is 5.21. The van der Waals surface area contributed by atoms with Crippen molar-refractivity contribution < 1.29 is 22.0 Å². The van der Waals surface area contributed by atoms with E-state index < -0.39 is 33.5 Å². The fourth-order valence-corrected chi connectivity index (χ4v) is 4.24. The lowest BCUT2D eigenvalue weighted by Gasteiger charge is -2.16. The molecule has 2 N–H and O–H groups in total. The van der Waals surface area contributed by atoms with Crippen LogP contribution in [0.1, 0.15) is 24.9 Å². The van der Waals surface area contributed by atoms with Gasteiger partial charge < -0.3 is 10.6 Å². The highest BCUT2D eigenvalue weighted by Gasteiger charge is 2.28. The van der Waals surface area contributed by atoms with E-state index in [2.05, 4.69) is 10.6 Å². The predicted octanol–water partition coefficient (Wildman–Crippen LogP) is 1.76. The summed E-state index contributed by atoms with van der Waals surface area (Å²) < 4.78 is 48.6. The van der Waals surface area contributed by atoms with Crippen molar-refractivity contribution in [1.29, 1.82) is 0 Å². The van der Waals surface area contributed by atoms with Gasteiger partial charge in [-0.05, 0) is 37.0 Å². The Bertz CT molecular complexity index is 664. The van der Waals surface area contributed by atoms with E-state index in [-0.39, 0.29) is 24.0 Å². The first kappa shape index (κ1) is 16.7. The van der Waals surface area contributed by atoms with Gasteiger partial charge in [0.2, 0.25) is 0 Å². The van der Waals surface area contributed by atoms with E-state index >= 15 is 0 Å². The van der Waals surface area contributed by atoms with E-state index in [1.165, 1.54) is 6.07 Å². The molecule has 5 nitrogen and oxygen atoms in total. The molecular weight excluding hydrogens is 314 g/mol. The Morgan fingerprint density at radius 1 is 1.36 bits per heavy atom. The molecule has 2 atom stereocenters. The molecule has 1 fully saturated rings. The molecule has 1 aliphatic heterocycles. The Kier molecular flexibility index (Phi) is 5.00. The summed E-state index contributed by atoms with van der Waals surface area (Å²) in [6.07, 6.45) is 0.543. The summed E-state index contributed by atoms with van der Waals surface area (Å²) in [6.45, 7) is 1.92. The van der Waals surface area contributed by atoms with Crippen molar-refractivity contribution in [1.82, 2.24) is 10.6 Å². The van der Waals surface area contributed by atoms with Gasteiger partial charge in [-0.25, -0.2) is 22.0 Å².